The minimum Gasteiger partial charge on any atom is -0.314 e. The maximum Gasteiger partial charge on any atom is 0.258 e. The van der Waals surface area contributed by atoms with Crippen molar-refractivity contribution in [3.8, 4) is 0 Å². The van der Waals surface area contributed by atoms with Crippen molar-refractivity contribution >= 4 is 36.2 Å². The van der Waals surface area contributed by atoms with E-state index in [0.717, 1.165) is 22.8 Å². The van der Waals surface area contributed by atoms with Gasteiger partial charge in [0.25, 0.3) is 6.43 Å². The lowest BCUT2D eigenvalue weighted by molar-refractivity contribution is 0.0200. The fraction of sp³-hybridized carbons (Fsp3) is 0.636. The summed E-state index contributed by atoms with van der Waals surface area (Å²) in [6.45, 7) is 4.95. The van der Waals surface area contributed by atoms with E-state index in [1.807, 2.05) is 24.0 Å². The molecule has 106 valence electrons. The SMILES string of the molecule is Cc1ccc([C@H](C(F)F)N2CCNCC2)s1.Cl.Cl. The first kappa shape index (κ1) is 18.1. The van der Waals surface area contributed by atoms with E-state index < -0.39 is 12.5 Å². The van der Waals surface area contributed by atoms with Crippen molar-refractivity contribution in [2.45, 2.75) is 19.4 Å². The number of nitrogens with one attached hydrogen (secondary N) is 1. The van der Waals surface area contributed by atoms with Crippen LogP contribution in [0, 0.1) is 6.92 Å². The van der Waals surface area contributed by atoms with Crippen molar-refractivity contribution in [3.05, 3.63) is 21.9 Å². The first-order valence-electron chi connectivity index (χ1n) is 5.48. The van der Waals surface area contributed by atoms with Gasteiger partial charge in [0.1, 0.15) is 6.04 Å². The maximum atomic E-state index is 13.1. The van der Waals surface area contributed by atoms with E-state index in [2.05, 4.69) is 5.32 Å². The molecule has 1 aromatic rings. The Labute approximate surface area is 123 Å². The molecule has 1 atom stereocenters. The molecule has 0 amide bonds. The predicted molar refractivity (Wildman–Crippen MR) is 76.7 cm³/mol. The average molecular weight is 319 g/mol. The van der Waals surface area contributed by atoms with E-state index in [1.54, 1.807) is 0 Å². The van der Waals surface area contributed by atoms with Gasteiger partial charge < -0.3 is 5.32 Å². The van der Waals surface area contributed by atoms with Gasteiger partial charge in [-0.25, -0.2) is 8.78 Å². The second-order valence-corrected chi connectivity index (χ2v) is 5.33. The third kappa shape index (κ3) is 4.31. The molecule has 1 aliphatic rings. The van der Waals surface area contributed by atoms with E-state index in [9.17, 15) is 8.78 Å². The smallest absolute Gasteiger partial charge is 0.258 e. The third-order valence-electron chi connectivity index (χ3n) is 2.84. The van der Waals surface area contributed by atoms with Gasteiger partial charge in [-0.1, -0.05) is 0 Å². The minimum atomic E-state index is -2.31. The Morgan fingerprint density at radius 1 is 1.22 bits per heavy atom. The Bertz CT molecular complexity index is 344. The molecular formula is C11H18Cl2F2N2S. The lowest BCUT2D eigenvalue weighted by atomic mass is 10.2. The predicted octanol–water partition coefficient (Wildman–Crippen LogP) is 3.11. The van der Waals surface area contributed by atoms with Crippen LogP contribution in [0.2, 0.25) is 0 Å². The fourth-order valence-electron chi connectivity index (χ4n) is 2.04. The summed E-state index contributed by atoms with van der Waals surface area (Å²) in [5.41, 5.74) is 0. The summed E-state index contributed by atoms with van der Waals surface area (Å²) in [5.74, 6) is 0. The highest BCUT2D eigenvalue weighted by Gasteiger charge is 2.30. The summed E-state index contributed by atoms with van der Waals surface area (Å²) in [6, 6.07) is 3.02. The molecule has 0 unspecified atom stereocenters. The van der Waals surface area contributed by atoms with E-state index >= 15 is 0 Å². The second-order valence-electron chi connectivity index (χ2n) is 4.01. The van der Waals surface area contributed by atoms with Gasteiger partial charge in [-0.2, -0.15) is 0 Å². The number of nitrogens with zero attached hydrogens (tertiary/aromatic N) is 1. The zero-order valence-electron chi connectivity index (χ0n) is 10.1. The van der Waals surface area contributed by atoms with Gasteiger partial charge in [0, 0.05) is 35.9 Å². The number of halogens is 4. The van der Waals surface area contributed by atoms with Gasteiger partial charge >= 0.3 is 0 Å². The molecule has 0 bridgehead atoms. The molecule has 0 spiro atoms. The van der Waals surface area contributed by atoms with Gasteiger partial charge in [-0.05, 0) is 19.1 Å². The molecule has 1 saturated heterocycles. The van der Waals surface area contributed by atoms with Crippen molar-refractivity contribution in [2.75, 3.05) is 26.2 Å². The topological polar surface area (TPSA) is 15.3 Å². The standard InChI is InChI=1S/C11H16F2N2S.2ClH/c1-8-2-3-9(16-8)10(11(12)13)15-6-4-14-5-7-15;;/h2-3,10-11,14H,4-7H2,1H3;2*1H/t10-;;/m1../s1. The molecule has 1 aliphatic heterocycles. The molecule has 1 fully saturated rings. The summed E-state index contributed by atoms with van der Waals surface area (Å²) in [7, 11) is 0. The second kappa shape index (κ2) is 8.27. The molecule has 0 radical (unpaired) electrons. The molecule has 7 heteroatoms. The normalized spacial score (nSPS) is 18.0. The number of piperazine rings is 1. The maximum absolute atomic E-state index is 13.1. The molecule has 0 aliphatic carbocycles. The number of rotatable bonds is 3. The molecule has 2 heterocycles. The molecule has 2 nitrogen and oxygen atoms in total. The van der Waals surface area contributed by atoms with Crippen LogP contribution in [0.5, 0.6) is 0 Å². The monoisotopic (exact) mass is 318 g/mol. The van der Waals surface area contributed by atoms with Crippen LogP contribution in [0.3, 0.4) is 0 Å². The lowest BCUT2D eigenvalue weighted by Crippen LogP contribution is -2.46. The molecule has 0 saturated carbocycles. The molecular weight excluding hydrogens is 301 g/mol. The van der Waals surface area contributed by atoms with Gasteiger partial charge in [-0.15, -0.1) is 36.2 Å². The number of thiophene rings is 1. The lowest BCUT2D eigenvalue weighted by Gasteiger charge is -2.33. The first-order chi connectivity index (χ1) is 7.68. The molecule has 0 aromatic carbocycles. The van der Waals surface area contributed by atoms with Gasteiger partial charge in [0.05, 0.1) is 0 Å². The van der Waals surface area contributed by atoms with Crippen LogP contribution in [-0.2, 0) is 0 Å². The molecule has 18 heavy (non-hydrogen) atoms. The zero-order valence-corrected chi connectivity index (χ0v) is 12.5. The van der Waals surface area contributed by atoms with Crippen LogP contribution >= 0.6 is 36.2 Å². The summed E-state index contributed by atoms with van der Waals surface area (Å²) in [5, 5.41) is 3.18. The Morgan fingerprint density at radius 2 is 1.83 bits per heavy atom. The Kier molecular flexibility index (Phi) is 8.30. The van der Waals surface area contributed by atoms with Gasteiger partial charge in [0.15, 0.2) is 0 Å². The van der Waals surface area contributed by atoms with Gasteiger partial charge in [-0.3, -0.25) is 4.90 Å². The van der Waals surface area contributed by atoms with Crippen LogP contribution < -0.4 is 5.32 Å². The highest BCUT2D eigenvalue weighted by atomic mass is 35.5. The number of hydrogen-bond acceptors (Lipinski definition) is 3. The van der Waals surface area contributed by atoms with Crippen molar-refractivity contribution < 1.29 is 8.78 Å². The molecule has 2 rings (SSSR count). The van der Waals surface area contributed by atoms with Crippen molar-refractivity contribution in [2.24, 2.45) is 0 Å². The van der Waals surface area contributed by atoms with E-state index in [4.69, 9.17) is 0 Å². The third-order valence-corrected chi connectivity index (χ3v) is 3.91. The van der Waals surface area contributed by atoms with Crippen molar-refractivity contribution in [3.63, 3.8) is 0 Å². The number of hydrogen-bond donors (Lipinski definition) is 1. The first-order valence-corrected chi connectivity index (χ1v) is 6.29. The van der Waals surface area contributed by atoms with E-state index in [0.29, 0.717) is 13.1 Å². The van der Waals surface area contributed by atoms with Crippen LogP contribution in [-0.4, -0.2) is 37.5 Å². The Balaban J connectivity index is 0.00000144. The van der Waals surface area contributed by atoms with Crippen LogP contribution in [0.15, 0.2) is 12.1 Å². The minimum absolute atomic E-state index is 0. The van der Waals surface area contributed by atoms with Crippen LogP contribution in [0.4, 0.5) is 8.78 Å². The Morgan fingerprint density at radius 3 is 2.28 bits per heavy atom. The van der Waals surface area contributed by atoms with Crippen molar-refractivity contribution in [1.29, 1.82) is 0 Å². The Hall–Kier alpha value is 0.0600. The summed E-state index contributed by atoms with van der Waals surface area (Å²) >= 11 is 1.48. The van der Waals surface area contributed by atoms with E-state index in [1.165, 1.54) is 11.3 Å². The highest BCUT2D eigenvalue weighted by molar-refractivity contribution is 7.12. The summed E-state index contributed by atoms with van der Waals surface area (Å²) in [6.07, 6.45) is -2.31. The van der Waals surface area contributed by atoms with Gasteiger partial charge in [0.2, 0.25) is 0 Å². The largest absolute Gasteiger partial charge is 0.314 e. The summed E-state index contributed by atoms with van der Waals surface area (Å²) in [4.78, 5) is 3.76. The number of aryl methyl sites for hydroxylation is 1. The van der Waals surface area contributed by atoms with Crippen molar-refractivity contribution in [1.82, 2.24) is 10.2 Å². The number of alkyl halides is 2. The molecule has 1 N–H and O–H groups in total. The van der Waals surface area contributed by atoms with Crippen LogP contribution in [0.1, 0.15) is 15.8 Å². The average Bonchev–Trinajstić information content (AvgIpc) is 2.66. The van der Waals surface area contributed by atoms with Crippen LogP contribution in [0.25, 0.3) is 0 Å². The molecule has 1 aromatic heterocycles. The fourth-order valence-corrected chi connectivity index (χ4v) is 3.05. The highest BCUT2D eigenvalue weighted by Crippen LogP contribution is 2.32. The summed E-state index contributed by atoms with van der Waals surface area (Å²) < 4.78 is 26.2. The quantitative estimate of drug-likeness (QED) is 0.921. The van der Waals surface area contributed by atoms with E-state index in [-0.39, 0.29) is 24.8 Å². The zero-order chi connectivity index (χ0) is 11.5.